The van der Waals surface area contributed by atoms with Crippen LogP contribution in [0.1, 0.15) is 37.0 Å². The van der Waals surface area contributed by atoms with E-state index in [1.54, 1.807) is 62.4 Å². The summed E-state index contributed by atoms with van der Waals surface area (Å²) in [5.41, 5.74) is 2.20. The second kappa shape index (κ2) is 13.7. The smallest absolute Gasteiger partial charge is 0.264 e. The average Bonchev–Trinajstić information content (AvgIpc) is 2.91. The molecule has 1 unspecified atom stereocenters. The second-order valence-corrected chi connectivity index (χ2v) is 12.5. The Morgan fingerprint density at radius 3 is 2.25 bits per heavy atom. The lowest BCUT2D eigenvalue weighted by Crippen LogP contribution is -2.51. The highest BCUT2D eigenvalue weighted by Crippen LogP contribution is 2.31. The van der Waals surface area contributed by atoms with Crippen LogP contribution in [0.15, 0.2) is 65.6 Å². The van der Waals surface area contributed by atoms with Crippen molar-refractivity contribution in [3.05, 3.63) is 92.4 Å². The summed E-state index contributed by atoms with van der Waals surface area (Å²) in [6.07, 6.45) is 0.714. The van der Waals surface area contributed by atoms with Crippen LogP contribution < -0.4 is 9.62 Å². The van der Waals surface area contributed by atoms with Crippen LogP contribution in [0.25, 0.3) is 0 Å². The zero-order valence-electron chi connectivity index (χ0n) is 22.7. The van der Waals surface area contributed by atoms with E-state index in [2.05, 4.69) is 5.32 Å². The molecular weight excluding hydrogens is 593 g/mol. The third kappa shape index (κ3) is 7.49. The number of rotatable bonds is 11. The van der Waals surface area contributed by atoms with Crippen LogP contribution in [0.4, 0.5) is 5.69 Å². The van der Waals surface area contributed by atoms with Gasteiger partial charge in [-0.05, 0) is 74.7 Å². The van der Waals surface area contributed by atoms with Crippen LogP contribution in [0.3, 0.4) is 0 Å². The van der Waals surface area contributed by atoms with E-state index >= 15 is 0 Å². The summed E-state index contributed by atoms with van der Waals surface area (Å²) in [7, 11) is -4.20. The number of carbonyl (C=O) groups is 2. The molecule has 0 bridgehead atoms. The molecule has 1 atom stereocenters. The number of nitrogens with zero attached hydrogens (tertiary/aromatic N) is 2. The Bertz CT molecular complexity index is 1480. The summed E-state index contributed by atoms with van der Waals surface area (Å²) in [5.74, 6) is -0.965. The van der Waals surface area contributed by atoms with Gasteiger partial charge in [0.25, 0.3) is 10.0 Å². The highest BCUT2D eigenvalue weighted by molar-refractivity contribution is 7.92. The fraction of sp³-hybridized carbons (Fsp3) is 0.310. The molecule has 0 aromatic heterocycles. The number of halogens is 3. The maximum Gasteiger partial charge on any atom is 0.264 e. The van der Waals surface area contributed by atoms with Crippen molar-refractivity contribution >= 4 is 62.3 Å². The van der Waals surface area contributed by atoms with Crippen molar-refractivity contribution in [2.45, 2.75) is 51.6 Å². The molecule has 0 fully saturated rings. The molecule has 3 rings (SSSR count). The quantitative estimate of drug-likeness (QED) is 0.267. The van der Waals surface area contributed by atoms with E-state index in [0.717, 1.165) is 9.87 Å². The summed E-state index contributed by atoms with van der Waals surface area (Å²) >= 11 is 18.8. The number of benzene rings is 3. The SMILES string of the molecule is CCCNC(=O)C(C)N(Cc1ccc(Cl)cc1Cl)C(=O)CN(c1cccc(Cl)c1C)S(=O)(=O)c1ccc(C)cc1. The van der Waals surface area contributed by atoms with Gasteiger partial charge < -0.3 is 10.2 Å². The minimum Gasteiger partial charge on any atom is -0.354 e. The van der Waals surface area contributed by atoms with Crippen molar-refractivity contribution < 1.29 is 18.0 Å². The maximum atomic E-state index is 14.0. The van der Waals surface area contributed by atoms with E-state index in [9.17, 15) is 18.0 Å². The number of hydrogen-bond acceptors (Lipinski definition) is 4. The van der Waals surface area contributed by atoms with Gasteiger partial charge in [0, 0.05) is 28.2 Å². The minimum atomic E-state index is -4.20. The van der Waals surface area contributed by atoms with Gasteiger partial charge in [-0.1, -0.05) is 71.6 Å². The average molecular weight is 625 g/mol. The molecule has 7 nitrogen and oxygen atoms in total. The first-order valence-corrected chi connectivity index (χ1v) is 15.3. The van der Waals surface area contributed by atoms with Crippen molar-refractivity contribution in [1.29, 1.82) is 0 Å². The zero-order chi connectivity index (χ0) is 29.6. The van der Waals surface area contributed by atoms with Crippen molar-refractivity contribution in [1.82, 2.24) is 10.2 Å². The number of nitrogens with one attached hydrogen (secondary N) is 1. The van der Waals surface area contributed by atoms with Gasteiger partial charge in [-0.3, -0.25) is 13.9 Å². The van der Waals surface area contributed by atoms with Gasteiger partial charge in [-0.15, -0.1) is 0 Å². The molecule has 2 amide bonds. The lowest BCUT2D eigenvalue weighted by Gasteiger charge is -2.32. The largest absolute Gasteiger partial charge is 0.354 e. The third-order valence-electron chi connectivity index (χ3n) is 6.47. The zero-order valence-corrected chi connectivity index (χ0v) is 25.8. The van der Waals surface area contributed by atoms with Crippen molar-refractivity contribution in [2.75, 3.05) is 17.4 Å². The van der Waals surface area contributed by atoms with Gasteiger partial charge in [-0.25, -0.2) is 8.42 Å². The van der Waals surface area contributed by atoms with Gasteiger partial charge in [0.2, 0.25) is 11.8 Å². The molecule has 0 aliphatic heterocycles. The van der Waals surface area contributed by atoms with E-state index in [1.165, 1.54) is 17.0 Å². The number of sulfonamides is 1. The predicted octanol–water partition coefficient (Wildman–Crippen LogP) is 6.40. The summed E-state index contributed by atoms with van der Waals surface area (Å²) in [5, 5.41) is 3.90. The maximum absolute atomic E-state index is 14.0. The summed E-state index contributed by atoms with van der Waals surface area (Å²) in [6, 6.07) is 15.2. The number of anilines is 1. The number of amides is 2. The van der Waals surface area contributed by atoms with Gasteiger partial charge in [0.15, 0.2) is 0 Å². The van der Waals surface area contributed by atoms with Crippen LogP contribution in [-0.4, -0.2) is 44.3 Å². The Labute approximate surface area is 251 Å². The van der Waals surface area contributed by atoms with E-state index in [-0.39, 0.29) is 23.0 Å². The molecule has 11 heteroatoms. The molecule has 0 saturated heterocycles. The highest BCUT2D eigenvalue weighted by atomic mass is 35.5. The highest BCUT2D eigenvalue weighted by Gasteiger charge is 2.33. The second-order valence-electron chi connectivity index (χ2n) is 9.43. The van der Waals surface area contributed by atoms with Gasteiger partial charge in [-0.2, -0.15) is 0 Å². The molecule has 0 heterocycles. The lowest BCUT2D eigenvalue weighted by molar-refractivity contribution is -0.139. The standard InChI is InChI=1S/C29H32Cl3N3O4S/c1-5-15-33-29(37)21(4)34(17-22-11-12-23(30)16-26(22)32)28(36)18-35(27-8-6-7-25(31)20(27)3)40(38,39)24-13-9-19(2)10-14-24/h6-14,16,21H,5,15,17-18H2,1-4H3,(H,33,37). The molecular formula is C29H32Cl3N3O4S. The Hall–Kier alpha value is -2.78. The van der Waals surface area contributed by atoms with Crippen LogP contribution in [0.5, 0.6) is 0 Å². The molecule has 40 heavy (non-hydrogen) atoms. The molecule has 0 radical (unpaired) electrons. The molecule has 0 aliphatic carbocycles. The fourth-order valence-electron chi connectivity index (χ4n) is 4.03. The van der Waals surface area contributed by atoms with E-state index in [0.29, 0.717) is 39.2 Å². The van der Waals surface area contributed by atoms with Crippen LogP contribution in [0.2, 0.25) is 15.1 Å². The number of carbonyl (C=O) groups excluding carboxylic acids is 2. The molecule has 214 valence electrons. The van der Waals surface area contributed by atoms with Crippen molar-refractivity contribution in [2.24, 2.45) is 0 Å². The fourth-order valence-corrected chi connectivity index (χ4v) is 6.14. The van der Waals surface area contributed by atoms with Gasteiger partial charge in [0.1, 0.15) is 12.6 Å². The van der Waals surface area contributed by atoms with Crippen molar-refractivity contribution in [3.63, 3.8) is 0 Å². The van der Waals surface area contributed by atoms with Crippen molar-refractivity contribution in [3.8, 4) is 0 Å². The Balaban J connectivity index is 2.08. The monoisotopic (exact) mass is 623 g/mol. The van der Waals surface area contributed by atoms with E-state index in [4.69, 9.17) is 34.8 Å². The molecule has 0 saturated carbocycles. The van der Waals surface area contributed by atoms with Gasteiger partial charge >= 0.3 is 0 Å². The Kier molecular flexibility index (Phi) is 10.9. The number of aryl methyl sites for hydroxylation is 1. The lowest BCUT2D eigenvalue weighted by atomic mass is 10.1. The Morgan fingerprint density at radius 1 is 0.950 bits per heavy atom. The summed E-state index contributed by atoms with van der Waals surface area (Å²) in [6.45, 7) is 6.87. The predicted molar refractivity (Wildman–Crippen MR) is 162 cm³/mol. The minimum absolute atomic E-state index is 0.0197. The molecule has 0 spiro atoms. The first kappa shape index (κ1) is 31.7. The first-order valence-electron chi connectivity index (χ1n) is 12.7. The van der Waals surface area contributed by atoms with Crippen LogP contribution >= 0.6 is 34.8 Å². The topological polar surface area (TPSA) is 86.8 Å². The van der Waals surface area contributed by atoms with E-state index < -0.39 is 28.5 Å². The van der Waals surface area contributed by atoms with Gasteiger partial charge in [0.05, 0.1) is 10.6 Å². The molecule has 0 aliphatic rings. The number of hydrogen-bond donors (Lipinski definition) is 1. The molecule has 1 N–H and O–H groups in total. The van der Waals surface area contributed by atoms with Crippen LogP contribution in [-0.2, 0) is 26.2 Å². The third-order valence-corrected chi connectivity index (χ3v) is 9.24. The normalized spacial score (nSPS) is 12.1. The summed E-state index contributed by atoms with van der Waals surface area (Å²) in [4.78, 5) is 28.3. The Morgan fingerprint density at radius 2 is 1.62 bits per heavy atom. The molecule has 3 aromatic carbocycles. The van der Waals surface area contributed by atoms with Crippen LogP contribution in [0, 0.1) is 13.8 Å². The molecule has 3 aromatic rings. The summed E-state index contributed by atoms with van der Waals surface area (Å²) < 4.78 is 29.0. The van der Waals surface area contributed by atoms with E-state index in [1.807, 2.05) is 13.8 Å². The first-order chi connectivity index (χ1) is 18.9.